The van der Waals surface area contributed by atoms with Gasteiger partial charge in [0.25, 0.3) is 0 Å². The van der Waals surface area contributed by atoms with Gasteiger partial charge in [-0.25, -0.2) is 30.4 Å². The van der Waals surface area contributed by atoms with Crippen molar-refractivity contribution in [2.75, 3.05) is 56.5 Å². The number of nitrogens with one attached hydrogen (secondary N) is 2. The van der Waals surface area contributed by atoms with Gasteiger partial charge in [0.1, 0.15) is 42.3 Å². The Morgan fingerprint density at radius 3 is 1.14 bits per heavy atom. The Balaban J connectivity index is 0.000000131. The molecule has 0 saturated heterocycles. The zero-order chi connectivity index (χ0) is 82.4. The maximum atomic E-state index is 14.2. The molecule has 0 aliphatic heterocycles. The van der Waals surface area contributed by atoms with Crippen molar-refractivity contribution in [1.82, 2.24) is 56.3 Å². The highest BCUT2D eigenvalue weighted by Gasteiger charge is 2.26. The summed E-state index contributed by atoms with van der Waals surface area (Å²) in [5, 5.41) is 51.3. The van der Waals surface area contributed by atoms with Gasteiger partial charge in [0.15, 0.2) is 8.68 Å². The lowest BCUT2D eigenvalue weighted by Gasteiger charge is -2.19. The number of thioether (sulfide) groups is 2. The lowest BCUT2D eigenvalue weighted by Crippen LogP contribution is -2.33. The van der Waals surface area contributed by atoms with Crippen LogP contribution in [-0.4, -0.2) is 131 Å². The number of carbonyl (C=O) groups excluding carboxylic acids is 1. The topological polar surface area (TPSA) is 300 Å². The van der Waals surface area contributed by atoms with Crippen LogP contribution in [0.25, 0.3) is 74.7 Å². The number of fused-ring (bicyclic) bond motifs is 5. The fourth-order valence-electron chi connectivity index (χ4n) is 12.1. The van der Waals surface area contributed by atoms with Crippen molar-refractivity contribution in [3.8, 4) is 52.9 Å². The van der Waals surface area contributed by atoms with Crippen LogP contribution >= 0.6 is 148 Å². The maximum absolute atomic E-state index is 14.2. The molecule has 5 heterocycles. The standard InChI is InChI=1S/C20H19FN4S.C18H13FN2O2S2.C12H9IN2O2S2.2C12H9IN2S2.C8H18N2O2/c21-18-5-2-1-4-16(18)15-9-8-13-6-7-14(12-17(13)15)19-24-25-20(26-19)23-11-3-10-22;1-25(22,23)18-21-20-17(24-18)12-7-6-11-8-9-13(15(11)10-12)14-4-2-3-5-16(14)19;1-19(16,17)12-15-14-11(18-12)8-3-2-7-4-5-10(13)9(7)6-8;2*1-16-12-15-14-11(17-12)8-3-2-7-4-5-10(13)9(7)6-8;1-8(2,3)12-7(11)10-6-4-5-9/h1-2,4-7,9,12H,3,8,10-11,22H2,(H,23,25);2-7,9-10H,8H2,1H3;2-3,5-6H,4H2,1H3;2*2-3,5-6H,4H2,1H3;4-6,9H2,1-3H3,(H,10,11). The second kappa shape index (κ2) is 40.2. The first-order valence-corrected chi connectivity index (χ1v) is 49.6. The van der Waals surface area contributed by atoms with E-state index in [0.29, 0.717) is 40.8 Å². The maximum Gasteiger partial charge on any atom is 0.407 e. The van der Waals surface area contributed by atoms with Gasteiger partial charge in [0.2, 0.25) is 33.5 Å². The van der Waals surface area contributed by atoms with Crippen molar-refractivity contribution < 1.29 is 35.1 Å². The molecule has 0 spiro atoms. The highest BCUT2D eigenvalue weighted by molar-refractivity contribution is 14.1. The molecule has 7 aromatic carbocycles. The lowest BCUT2D eigenvalue weighted by molar-refractivity contribution is 0.0527. The summed E-state index contributed by atoms with van der Waals surface area (Å²) in [6, 6.07) is 44.8. The van der Waals surface area contributed by atoms with Gasteiger partial charge in [-0.3, -0.25) is 0 Å². The van der Waals surface area contributed by atoms with E-state index in [-0.39, 0.29) is 26.4 Å². The van der Waals surface area contributed by atoms with Gasteiger partial charge in [-0.1, -0.05) is 208 Å². The number of hydrogen-bond acceptors (Lipinski definition) is 26. The third kappa shape index (κ3) is 22.8. The number of sulfone groups is 2. The van der Waals surface area contributed by atoms with Gasteiger partial charge in [-0.15, -0.1) is 51.0 Å². The smallest absolute Gasteiger partial charge is 0.407 e. The highest BCUT2D eigenvalue weighted by atomic mass is 127. The number of rotatable bonds is 18. The number of anilines is 1. The molecular weight excluding hydrogens is 1980 g/mol. The lowest BCUT2D eigenvalue weighted by atomic mass is 9.97. The van der Waals surface area contributed by atoms with Gasteiger partial charge in [-0.05, 0) is 268 Å². The number of amides is 1. The van der Waals surface area contributed by atoms with Gasteiger partial charge in [-0.2, -0.15) is 0 Å². The van der Waals surface area contributed by atoms with Crippen LogP contribution in [0.1, 0.15) is 100 Å². The van der Waals surface area contributed by atoms with Gasteiger partial charge >= 0.3 is 6.09 Å². The van der Waals surface area contributed by atoms with Gasteiger partial charge < -0.3 is 26.8 Å². The predicted octanol–water partition coefficient (Wildman–Crippen LogP) is 20.1. The summed E-state index contributed by atoms with van der Waals surface area (Å²) >= 11 is 17.3. The number of nitrogens with zero attached hydrogens (tertiary/aromatic N) is 10. The summed E-state index contributed by atoms with van der Waals surface area (Å²) in [6.45, 7) is 8.08. The van der Waals surface area contributed by atoms with Crippen molar-refractivity contribution in [3.05, 3.63) is 248 Å². The van der Waals surface area contributed by atoms with Crippen LogP contribution in [0, 0.1) is 11.6 Å². The molecule has 1 amide bonds. The monoisotopic (exact) mass is 2060 g/mol. The number of alkyl carbamates (subject to hydrolysis) is 1. The van der Waals surface area contributed by atoms with Crippen molar-refractivity contribution in [1.29, 1.82) is 0 Å². The van der Waals surface area contributed by atoms with E-state index in [1.54, 1.807) is 64.4 Å². The molecule has 0 unspecified atom stereocenters. The van der Waals surface area contributed by atoms with Gasteiger partial charge in [0.05, 0.1) is 0 Å². The zero-order valence-corrected chi connectivity index (χ0v) is 77.4. The number of aromatic nitrogens is 10. The number of allylic oxidation sites excluding steroid dienone is 5. The summed E-state index contributed by atoms with van der Waals surface area (Å²) in [7, 11) is -6.66. The first kappa shape index (κ1) is 88.0. The minimum atomic E-state index is -3.38. The normalized spacial score (nSPS) is 13.3. The number of ether oxygens (including phenoxy) is 1. The molecule has 5 aliphatic rings. The average molecular weight is 2060 g/mol. The second-order valence-corrected chi connectivity index (χ2v) is 42.1. The number of benzene rings is 7. The number of carbonyl (C=O) groups is 1. The van der Waals surface area contributed by atoms with E-state index in [0.717, 1.165) is 160 Å². The van der Waals surface area contributed by atoms with Crippen LogP contribution < -0.4 is 22.1 Å². The van der Waals surface area contributed by atoms with Gasteiger partial charge in [0, 0.05) is 75.3 Å². The molecule has 0 radical (unpaired) electrons. The molecule has 12 aromatic rings. The van der Waals surface area contributed by atoms with Crippen molar-refractivity contribution >= 4 is 201 Å². The minimum Gasteiger partial charge on any atom is -0.444 e. The molecule has 0 saturated carbocycles. The first-order valence-electron chi connectivity index (χ1n) is 36.1. The molecule has 0 bridgehead atoms. The molecule has 17 rings (SSSR count). The van der Waals surface area contributed by atoms with Crippen molar-refractivity contribution in [2.24, 2.45) is 11.5 Å². The average Bonchev–Trinajstić information content (AvgIpc) is 1.58. The predicted molar refractivity (Wildman–Crippen MR) is 498 cm³/mol. The fraction of sp³-hybridized carbons (Fsp3) is 0.232. The Hall–Kier alpha value is -7.32. The minimum absolute atomic E-state index is 0.00660. The molecule has 5 aliphatic carbocycles. The summed E-state index contributed by atoms with van der Waals surface area (Å²) in [5.74, 6) is -0.457. The van der Waals surface area contributed by atoms with E-state index in [1.807, 2.05) is 87.9 Å². The molecule has 0 fully saturated rings. The summed E-state index contributed by atoms with van der Waals surface area (Å²) in [5.41, 5.74) is 30.7. The third-order valence-electron chi connectivity index (χ3n) is 17.8. The largest absolute Gasteiger partial charge is 0.444 e. The van der Waals surface area contributed by atoms with Crippen LogP contribution in [0.4, 0.5) is 18.7 Å². The summed E-state index contributed by atoms with van der Waals surface area (Å²) in [6.07, 6.45) is 23.0. The van der Waals surface area contributed by atoms with E-state index in [2.05, 4.69) is 214 Å². The molecule has 0 atom stereocenters. The SMILES string of the molecule is CC(C)(C)OC(=O)NCCCN.CS(=O)(=O)c1nnc(-c2ccc3c(c2)C(I)=CC3)s1.CS(=O)(=O)c1nnc(-c2ccc3c(c2)C(c2ccccc2F)=CC3)s1.CSc1nnc(-c2ccc3c(c2)C(I)=CC3)s1.CSc1nnc(-c2ccc3c(c2)C(I)=CC3)s1.NCCCNc1nnc(-c2ccc3c(c2)C(c2ccccc2F)=CC3)s1. The second-order valence-electron chi connectivity index (χ2n) is 27.2. The highest BCUT2D eigenvalue weighted by Crippen LogP contribution is 2.43. The Bertz CT molecular complexity index is 5910. The molecule has 6 N–H and O–H groups in total. The Kier molecular flexibility index (Phi) is 30.5. The number of nitrogens with two attached hydrogens (primary N) is 2. The molecule has 5 aromatic heterocycles. The van der Waals surface area contributed by atoms with E-state index in [9.17, 15) is 30.4 Å². The molecule has 116 heavy (non-hydrogen) atoms. The Morgan fingerprint density at radius 1 is 0.448 bits per heavy atom. The van der Waals surface area contributed by atoms with Crippen LogP contribution in [0.2, 0.25) is 0 Å². The summed E-state index contributed by atoms with van der Waals surface area (Å²) in [4.78, 5) is 11.0. The molecule has 34 heteroatoms. The van der Waals surface area contributed by atoms with Crippen LogP contribution in [0.3, 0.4) is 0 Å². The van der Waals surface area contributed by atoms with Crippen molar-refractivity contribution in [2.45, 2.75) is 88.7 Å². The Labute approximate surface area is 741 Å². The number of halogens is 5. The van der Waals surface area contributed by atoms with E-state index < -0.39 is 25.3 Å². The van der Waals surface area contributed by atoms with E-state index in [4.69, 9.17) is 16.2 Å². The quantitative estimate of drug-likeness (QED) is 0.0352. The Morgan fingerprint density at radius 2 is 0.784 bits per heavy atom. The van der Waals surface area contributed by atoms with Crippen LogP contribution in [0.5, 0.6) is 0 Å². The van der Waals surface area contributed by atoms with Crippen molar-refractivity contribution in [3.63, 3.8) is 0 Å². The molecule has 20 nitrogen and oxygen atoms in total. The fourth-order valence-corrected chi connectivity index (χ4v) is 20.8. The molecular formula is C82H77F2I3N14O6S9. The van der Waals surface area contributed by atoms with E-state index in [1.165, 1.54) is 84.3 Å². The van der Waals surface area contributed by atoms with Crippen LogP contribution in [0.15, 0.2) is 187 Å². The third-order valence-corrected chi connectivity index (χ3v) is 30.9. The molecule has 600 valence electrons. The first-order chi connectivity index (χ1) is 55.6. The van der Waals surface area contributed by atoms with Crippen LogP contribution in [-0.2, 0) is 56.5 Å². The van der Waals surface area contributed by atoms with E-state index >= 15 is 0 Å². The zero-order valence-electron chi connectivity index (χ0n) is 63.6. The number of hydrogen-bond donors (Lipinski definition) is 4. The summed E-state index contributed by atoms with van der Waals surface area (Å²) < 4.78 is 85.4.